The van der Waals surface area contributed by atoms with E-state index < -0.39 is 12.2 Å². The normalized spacial score (nSPS) is 18.6. The van der Waals surface area contributed by atoms with E-state index in [-0.39, 0.29) is 9.89 Å². The van der Waals surface area contributed by atoms with Crippen molar-refractivity contribution in [2.75, 3.05) is 0 Å². The fraction of sp³-hybridized carbons (Fsp3) is 0.857. The third-order valence-electron chi connectivity index (χ3n) is 1.30. The number of esters is 1. The van der Waals surface area contributed by atoms with Gasteiger partial charge in [-0.1, -0.05) is 29.5 Å². The van der Waals surface area contributed by atoms with Crippen molar-refractivity contribution in [3.8, 4) is 0 Å². The summed E-state index contributed by atoms with van der Waals surface area (Å²) in [7, 11) is 0. The Labute approximate surface area is 80.3 Å². The van der Waals surface area contributed by atoms with Gasteiger partial charge in [-0.05, 0) is 6.92 Å². The highest BCUT2D eigenvalue weighted by molar-refractivity contribution is 14.1. The molecule has 0 saturated heterocycles. The first-order valence-electron chi connectivity index (χ1n) is 3.44. The van der Waals surface area contributed by atoms with E-state index in [4.69, 9.17) is 4.74 Å². The summed E-state index contributed by atoms with van der Waals surface area (Å²) in [4.78, 5) is 10.4. The molecule has 4 heteroatoms. The zero-order chi connectivity index (χ0) is 9.02. The van der Waals surface area contributed by atoms with Gasteiger partial charge in [0.25, 0.3) is 0 Å². The van der Waals surface area contributed by atoms with Crippen molar-refractivity contribution in [3.63, 3.8) is 0 Å². The summed E-state index contributed by atoms with van der Waals surface area (Å²) >= 11 is 2.09. The quantitative estimate of drug-likeness (QED) is 0.476. The van der Waals surface area contributed by atoms with Gasteiger partial charge in [-0.15, -0.1) is 0 Å². The summed E-state index contributed by atoms with van der Waals surface area (Å²) in [6.45, 7) is 4.88. The molecule has 3 nitrogen and oxygen atoms in total. The van der Waals surface area contributed by atoms with Crippen molar-refractivity contribution in [2.24, 2.45) is 0 Å². The van der Waals surface area contributed by atoms with Gasteiger partial charge in [0.05, 0.1) is 0 Å². The number of aliphatic hydroxyl groups is 1. The number of alkyl halides is 1. The van der Waals surface area contributed by atoms with Gasteiger partial charge in [-0.2, -0.15) is 0 Å². The second-order valence-corrected chi connectivity index (χ2v) is 4.45. The third kappa shape index (κ3) is 4.58. The molecule has 1 unspecified atom stereocenters. The maximum absolute atomic E-state index is 10.4. The van der Waals surface area contributed by atoms with E-state index in [1.807, 2.05) is 6.92 Å². The van der Waals surface area contributed by atoms with Gasteiger partial charge in [-0.25, -0.2) is 0 Å². The molecule has 66 valence electrons. The lowest BCUT2D eigenvalue weighted by atomic mass is 10.2. The second-order valence-electron chi connectivity index (χ2n) is 2.48. The predicted molar refractivity (Wildman–Crippen MR) is 50.7 cm³/mol. The van der Waals surface area contributed by atoms with Crippen molar-refractivity contribution in [1.29, 1.82) is 0 Å². The van der Waals surface area contributed by atoms with E-state index in [1.54, 1.807) is 6.92 Å². The highest BCUT2D eigenvalue weighted by Crippen LogP contribution is 2.11. The van der Waals surface area contributed by atoms with Gasteiger partial charge in [0, 0.05) is 10.8 Å². The molecule has 0 spiro atoms. The first-order valence-corrected chi connectivity index (χ1v) is 4.69. The van der Waals surface area contributed by atoms with Crippen LogP contribution >= 0.6 is 22.6 Å². The molecule has 0 aromatic heterocycles. The van der Waals surface area contributed by atoms with Crippen LogP contribution in [0.1, 0.15) is 20.8 Å². The molecule has 0 aliphatic rings. The molecule has 0 amide bonds. The molecule has 1 N–H and O–H groups in total. The fourth-order valence-electron chi connectivity index (χ4n) is 0.705. The van der Waals surface area contributed by atoms with Crippen LogP contribution in [0.4, 0.5) is 0 Å². The maximum atomic E-state index is 10.4. The van der Waals surface area contributed by atoms with Crippen molar-refractivity contribution in [3.05, 3.63) is 0 Å². The van der Waals surface area contributed by atoms with E-state index in [1.165, 1.54) is 6.92 Å². The number of ether oxygens (including phenoxy) is 1. The van der Waals surface area contributed by atoms with Crippen LogP contribution < -0.4 is 0 Å². The molecule has 0 aromatic carbocycles. The standard InChI is InChI=1S/C7H13IO3/c1-4(8)7(10)5(2)11-6(3)9/h4-5,7,10H,1-3H3/t4-,5?,7+/m1/s1. The van der Waals surface area contributed by atoms with Crippen LogP contribution in [-0.2, 0) is 9.53 Å². The predicted octanol–water partition coefficient (Wildman–Crippen LogP) is 1.12. The lowest BCUT2D eigenvalue weighted by molar-refractivity contribution is -0.150. The van der Waals surface area contributed by atoms with Gasteiger partial charge in [0.1, 0.15) is 12.2 Å². The summed E-state index contributed by atoms with van der Waals surface area (Å²) in [5.74, 6) is -0.353. The zero-order valence-electron chi connectivity index (χ0n) is 6.87. The van der Waals surface area contributed by atoms with Gasteiger partial charge < -0.3 is 9.84 Å². The Morgan fingerprint density at radius 2 is 2.00 bits per heavy atom. The van der Waals surface area contributed by atoms with Crippen LogP contribution in [0.15, 0.2) is 0 Å². The van der Waals surface area contributed by atoms with Crippen molar-refractivity contribution < 1.29 is 14.6 Å². The molecule has 0 fully saturated rings. The molecule has 0 radical (unpaired) electrons. The number of carbonyl (C=O) groups excluding carboxylic acids is 1. The van der Waals surface area contributed by atoms with Crippen molar-refractivity contribution in [1.82, 2.24) is 0 Å². The highest BCUT2D eigenvalue weighted by atomic mass is 127. The summed E-state index contributed by atoms with van der Waals surface area (Å²) in [5.41, 5.74) is 0. The van der Waals surface area contributed by atoms with Crippen molar-refractivity contribution >= 4 is 28.6 Å². The molecule has 0 saturated carbocycles. The molecule has 0 aliphatic carbocycles. The maximum Gasteiger partial charge on any atom is 0.302 e. The molecule has 0 bridgehead atoms. The Morgan fingerprint density at radius 1 is 1.55 bits per heavy atom. The van der Waals surface area contributed by atoms with Gasteiger partial charge in [0.2, 0.25) is 0 Å². The van der Waals surface area contributed by atoms with Crippen LogP contribution in [0.25, 0.3) is 0 Å². The molecule has 3 atom stereocenters. The van der Waals surface area contributed by atoms with Crippen LogP contribution in [0, 0.1) is 0 Å². The highest BCUT2D eigenvalue weighted by Gasteiger charge is 2.20. The fourth-order valence-corrected chi connectivity index (χ4v) is 1.29. The Kier molecular flexibility index (Phi) is 4.99. The summed E-state index contributed by atoms with van der Waals surface area (Å²) < 4.78 is 4.86. The smallest absolute Gasteiger partial charge is 0.302 e. The van der Waals surface area contributed by atoms with Gasteiger partial charge >= 0.3 is 5.97 Å². The van der Waals surface area contributed by atoms with Gasteiger partial charge in [0.15, 0.2) is 0 Å². The average Bonchev–Trinajstić information content (AvgIpc) is 1.84. The molecular formula is C7H13IO3. The minimum atomic E-state index is -0.584. The first kappa shape index (κ1) is 11.2. The lowest BCUT2D eigenvalue weighted by Gasteiger charge is -2.20. The minimum Gasteiger partial charge on any atom is -0.460 e. The largest absolute Gasteiger partial charge is 0.460 e. The van der Waals surface area contributed by atoms with Crippen LogP contribution in [0.5, 0.6) is 0 Å². The molecule has 11 heavy (non-hydrogen) atoms. The molecule has 0 rings (SSSR count). The average molecular weight is 272 g/mol. The Bertz CT molecular complexity index is 136. The van der Waals surface area contributed by atoms with Crippen LogP contribution in [0.2, 0.25) is 0 Å². The lowest BCUT2D eigenvalue weighted by Crippen LogP contribution is -2.33. The van der Waals surface area contributed by atoms with Gasteiger partial charge in [-0.3, -0.25) is 4.79 Å². The third-order valence-corrected chi connectivity index (χ3v) is 2.04. The van der Waals surface area contributed by atoms with E-state index >= 15 is 0 Å². The summed E-state index contributed by atoms with van der Waals surface area (Å²) in [6.07, 6.45) is -1.00. The zero-order valence-corrected chi connectivity index (χ0v) is 9.03. The van der Waals surface area contributed by atoms with E-state index in [0.29, 0.717) is 0 Å². The van der Waals surface area contributed by atoms with Crippen LogP contribution in [0.3, 0.4) is 0 Å². The number of rotatable bonds is 3. The molecule has 0 heterocycles. The Hall–Kier alpha value is 0.160. The second kappa shape index (κ2) is 4.92. The number of carbonyl (C=O) groups is 1. The van der Waals surface area contributed by atoms with Crippen molar-refractivity contribution in [2.45, 2.75) is 36.9 Å². The first-order chi connectivity index (χ1) is 4.95. The number of aliphatic hydroxyl groups excluding tert-OH is 1. The number of halogens is 1. The van der Waals surface area contributed by atoms with Crippen LogP contribution in [-0.4, -0.2) is 27.2 Å². The molecule has 0 aromatic rings. The molecular weight excluding hydrogens is 259 g/mol. The van der Waals surface area contributed by atoms with E-state index in [9.17, 15) is 9.90 Å². The monoisotopic (exact) mass is 272 g/mol. The Morgan fingerprint density at radius 3 is 2.27 bits per heavy atom. The topological polar surface area (TPSA) is 46.5 Å². The number of hydrogen-bond acceptors (Lipinski definition) is 3. The minimum absolute atomic E-state index is 0.0851. The Balaban J connectivity index is 3.82. The van der Waals surface area contributed by atoms with E-state index in [0.717, 1.165) is 0 Å². The summed E-state index contributed by atoms with van der Waals surface area (Å²) in [5, 5.41) is 9.36. The summed E-state index contributed by atoms with van der Waals surface area (Å²) in [6, 6.07) is 0. The number of hydrogen-bond donors (Lipinski definition) is 1. The van der Waals surface area contributed by atoms with E-state index in [2.05, 4.69) is 22.6 Å². The SMILES string of the molecule is CC(=O)OC(C)[C@@H](O)[C@@H](C)I. The molecule has 0 aliphatic heterocycles.